The van der Waals surface area contributed by atoms with Gasteiger partial charge in [0.1, 0.15) is 0 Å². The second-order valence-electron chi connectivity index (χ2n) is 5.17. The Morgan fingerprint density at radius 1 is 1.53 bits per heavy atom. The molecular weight excluding hydrogens is 186 g/mol. The lowest BCUT2D eigenvalue weighted by atomic mass is 9.81. The summed E-state index contributed by atoms with van der Waals surface area (Å²) in [7, 11) is 0. The molecule has 0 saturated heterocycles. The van der Waals surface area contributed by atoms with Crippen LogP contribution in [0.4, 0.5) is 0 Å². The minimum Gasteiger partial charge on any atom is -0.369 e. The summed E-state index contributed by atoms with van der Waals surface area (Å²) in [4.78, 5) is 11.0. The number of hydrogen-bond donors (Lipinski definition) is 1. The van der Waals surface area contributed by atoms with Crippen molar-refractivity contribution in [3.63, 3.8) is 0 Å². The van der Waals surface area contributed by atoms with Crippen LogP contribution in [-0.2, 0) is 4.79 Å². The Morgan fingerprint density at radius 2 is 2.20 bits per heavy atom. The molecule has 2 atom stereocenters. The number of primary amides is 1. The standard InChI is InChI=1S/C13H23NO/c1-9(2)8-11-4-6-12(7-5-11)10(3)13(14)15/h6,9-11H,4-5,7-8H2,1-3H3,(H2,14,15)/t10-,11+/m1/s1. The van der Waals surface area contributed by atoms with Crippen LogP contribution in [-0.4, -0.2) is 5.91 Å². The van der Waals surface area contributed by atoms with E-state index >= 15 is 0 Å². The number of carbonyl (C=O) groups excluding carboxylic acids is 1. The van der Waals surface area contributed by atoms with E-state index < -0.39 is 0 Å². The van der Waals surface area contributed by atoms with E-state index in [1.807, 2.05) is 6.92 Å². The molecule has 1 amide bonds. The predicted molar refractivity (Wildman–Crippen MR) is 63.2 cm³/mol. The van der Waals surface area contributed by atoms with Crippen LogP contribution in [0.15, 0.2) is 11.6 Å². The molecule has 0 saturated carbocycles. The molecule has 15 heavy (non-hydrogen) atoms. The van der Waals surface area contributed by atoms with Crippen LogP contribution in [0, 0.1) is 17.8 Å². The normalized spacial score (nSPS) is 23.7. The number of rotatable bonds is 4. The number of carbonyl (C=O) groups is 1. The van der Waals surface area contributed by atoms with Gasteiger partial charge in [-0.3, -0.25) is 4.79 Å². The van der Waals surface area contributed by atoms with Crippen molar-refractivity contribution < 1.29 is 4.79 Å². The summed E-state index contributed by atoms with van der Waals surface area (Å²) in [5, 5.41) is 0. The van der Waals surface area contributed by atoms with Crippen LogP contribution >= 0.6 is 0 Å². The molecule has 0 aromatic carbocycles. The maximum Gasteiger partial charge on any atom is 0.224 e. The first-order chi connectivity index (χ1) is 7.00. The van der Waals surface area contributed by atoms with E-state index in [2.05, 4.69) is 19.9 Å². The topological polar surface area (TPSA) is 43.1 Å². The zero-order valence-electron chi connectivity index (χ0n) is 10.1. The Morgan fingerprint density at radius 3 is 2.60 bits per heavy atom. The molecule has 0 heterocycles. The third kappa shape index (κ3) is 3.69. The lowest BCUT2D eigenvalue weighted by Gasteiger charge is -2.25. The van der Waals surface area contributed by atoms with Crippen LogP contribution in [0.3, 0.4) is 0 Å². The Bertz CT molecular complexity index is 255. The molecular formula is C13H23NO. The molecule has 2 nitrogen and oxygen atoms in total. The minimum atomic E-state index is -0.191. The lowest BCUT2D eigenvalue weighted by Crippen LogP contribution is -2.24. The van der Waals surface area contributed by atoms with E-state index in [1.54, 1.807) is 0 Å². The van der Waals surface area contributed by atoms with Crippen LogP contribution in [0.5, 0.6) is 0 Å². The van der Waals surface area contributed by atoms with Crippen molar-refractivity contribution in [2.75, 3.05) is 0 Å². The smallest absolute Gasteiger partial charge is 0.224 e. The second kappa shape index (κ2) is 5.34. The van der Waals surface area contributed by atoms with Gasteiger partial charge in [-0.1, -0.05) is 25.5 Å². The van der Waals surface area contributed by atoms with Gasteiger partial charge in [-0.2, -0.15) is 0 Å². The van der Waals surface area contributed by atoms with Crippen molar-refractivity contribution >= 4 is 5.91 Å². The summed E-state index contributed by atoms with van der Waals surface area (Å²) in [6, 6.07) is 0. The summed E-state index contributed by atoms with van der Waals surface area (Å²) in [6.45, 7) is 6.45. The van der Waals surface area contributed by atoms with Crippen molar-refractivity contribution in [2.24, 2.45) is 23.5 Å². The Kier molecular flexibility index (Phi) is 4.37. The number of hydrogen-bond acceptors (Lipinski definition) is 1. The maximum atomic E-state index is 11.0. The monoisotopic (exact) mass is 209 g/mol. The molecule has 1 rings (SSSR count). The van der Waals surface area contributed by atoms with Gasteiger partial charge in [0, 0.05) is 0 Å². The Labute approximate surface area is 92.9 Å². The minimum absolute atomic E-state index is 0.0648. The molecule has 0 aromatic heterocycles. The highest BCUT2D eigenvalue weighted by Gasteiger charge is 2.21. The van der Waals surface area contributed by atoms with E-state index in [1.165, 1.54) is 18.4 Å². The zero-order chi connectivity index (χ0) is 11.4. The molecule has 0 radical (unpaired) electrons. The number of allylic oxidation sites excluding steroid dienone is 1. The van der Waals surface area contributed by atoms with Gasteiger partial charge in [-0.15, -0.1) is 0 Å². The van der Waals surface area contributed by atoms with Gasteiger partial charge in [0.05, 0.1) is 5.92 Å². The fourth-order valence-electron chi connectivity index (χ4n) is 2.37. The fraction of sp³-hybridized carbons (Fsp3) is 0.769. The van der Waals surface area contributed by atoms with Crippen molar-refractivity contribution in [3.05, 3.63) is 11.6 Å². The van der Waals surface area contributed by atoms with Crippen molar-refractivity contribution in [1.82, 2.24) is 0 Å². The van der Waals surface area contributed by atoms with Gasteiger partial charge in [0.2, 0.25) is 5.91 Å². The van der Waals surface area contributed by atoms with Gasteiger partial charge in [-0.25, -0.2) is 0 Å². The fourth-order valence-corrected chi connectivity index (χ4v) is 2.37. The van der Waals surface area contributed by atoms with Crippen molar-refractivity contribution in [1.29, 1.82) is 0 Å². The summed E-state index contributed by atoms with van der Waals surface area (Å²) in [6.07, 6.45) is 6.95. The second-order valence-corrected chi connectivity index (χ2v) is 5.17. The molecule has 0 spiro atoms. The van der Waals surface area contributed by atoms with Gasteiger partial charge in [0.25, 0.3) is 0 Å². The van der Waals surface area contributed by atoms with E-state index in [4.69, 9.17) is 5.73 Å². The van der Waals surface area contributed by atoms with E-state index in [0.29, 0.717) is 0 Å². The van der Waals surface area contributed by atoms with Crippen LogP contribution < -0.4 is 5.73 Å². The van der Waals surface area contributed by atoms with Crippen LogP contribution in [0.25, 0.3) is 0 Å². The molecule has 2 N–H and O–H groups in total. The molecule has 1 aliphatic rings. The highest BCUT2D eigenvalue weighted by molar-refractivity contribution is 5.79. The van der Waals surface area contributed by atoms with Crippen molar-refractivity contribution in [2.45, 2.75) is 46.5 Å². The van der Waals surface area contributed by atoms with E-state index in [-0.39, 0.29) is 11.8 Å². The maximum absolute atomic E-state index is 11.0. The summed E-state index contributed by atoms with van der Waals surface area (Å²) >= 11 is 0. The Hall–Kier alpha value is -0.790. The van der Waals surface area contributed by atoms with Gasteiger partial charge in [-0.05, 0) is 44.4 Å². The largest absolute Gasteiger partial charge is 0.369 e. The predicted octanol–water partition coefficient (Wildman–Crippen LogP) is 2.88. The SMILES string of the molecule is CC(C)C[C@H]1CC=C([C@@H](C)C(N)=O)CC1. The van der Waals surface area contributed by atoms with Gasteiger partial charge in [0.15, 0.2) is 0 Å². The number of nitrogens with two attached hydrogens (primary N) is 1. The molecule has 0 aliphatic heterocycles. The molecule has 0 aromatic rings. The highest BCUT2D eigenvalue weighted by atomic mass is 16.1. The van der Waals surface area contributed by atoms with E-state index in [9.17, 15) is 4.79 Å². The summed E-state index contributed by atoms with van der Waals surface area (Å²) in [5.41, 5.74) is 6.55. The first-order valence-electron chi connectivity index (χ1n) is 5.99. The average molecular weight is 209 g/mol. The molecule has 1 aliphatic carbocycles. The van der Waals surface area contributed by atoms with Gasteiger partial charge >= 0.3 is 0 Å². The summed E-state index contributed by atoms with van der Waals surface area (Å²) < 4.78 is 0. The van der Waals surface area contributed by atoms with E-state index in [0.717, 1.165) is 24.7 Å². The molecule has 2 heteroatoms. The zero-order valence-corrected chi connectivity index (χ0v) is 10.1. The first kappa shape index (κ1) is 12.3. The quantitative estimate of drug-likeness (QED) is 0.711. The third-order valence-corrected chi connectivity index (χ3v) is 3.34. The number of amides is 1. The molecule has 0 unspecified atom stereocenters. The highest BCUT2D eigenvalue weighted by Crippen LogP contribution is 2.31. The lowest BCUT2D eigenvalue weighted by molar-refractivity contribution is -0.120. The molecule has 86 valence electrons. The van der Waals surface area contributed by atoms with Crippen LogP contribution in [0.1, 0.15) is 46.5 Å². The average Bonchev–Trinajstić information content (AvgIpc) is 2.17. The molecule has 0 fully saturated rings. The van der Waals surface area contributed by atoms with Crippen molar-refractivity contribution in [3.8, 4) is 0 Å². The third-order valence-electron chi connectivity index (χ3n) is 3.34. The summed E-state index contributed by atoms with van der Waals surface area (Å²) in [5.74, 6) is 1.33. The Balaban J connectivity index is 2.48. The molecule has 0 bridgehead atoms. The first-order valence-corrected chi connectivity index (χ1v) is 5.99. The van der Waals surface area contributed by atoms with Crippen LogP contribution in [0.2, 0.25) is 0 Å². The van der Waals surface area contributed by atoms with Gasteiger partial charge < -0.3 is 5.73 Å².